The van der Waals surface area contributed by atoms with Crippen molar-refractivity contribution in [2.75, 3.05) is 0 Å². The first kappa shape index (κ1) is 12.2. The number of pyridine rings is 1. The maximum atomic E-state index is 13.8. The Morgan fingerprint density at radius 1 is 1.05 bits per heavy atom. The van der Waals surface area contributed by atoms with Gasteiger partial charge in [0.05, 0.1) is 17.2 Å². The molecule has 0 spiro atoms. The molecule has 0 aliphatic carbocycles. The van der Waals surface area contributed by atoms with Crippen molar-refractivity contribution in [2.45, 2.75) is 0 Å². The van der Waals surface area contributed by atoms with Crippen LogP contribution < -0.4 is 0 Å². The molecule has 0 radical (unpaired) electrons. The van der Waals surface area contributed by atoms with Crippen LogP contribution in [0.3, 0.4) is 0 Å². The Kier molecular flexibility index (Phi) is 2.64. The van der Waals surface area contributed by atoms with E-state index in [1.807, 2.05) is 6.07 Å². The molecule has 0 fully saturated rings. The maximum Gasteiger partial charge on any atom is 0.195 e. The smallest absolute Gasteiger partial charge is 0.195 e. The largest absolute Gasteiger partial charge is 0.282 e. The third-order valence-corrected chi connectivity index (χ3v) is 2.82. The summed E-state index contributed by atoms with van der Waals surface area (Å²) in [6.45, 7) is 0. The summed E-state index contributed by atoms with van der Waals surface area (Å²) in [6.07, 6.45) is 1.46. The normalized spacial score (nSPS) is 10.7. The van der Waals surface area contributed by atoms with Crippen molar-refractivity contribution in [3.05, 3.63) is 53.5 Å². The van der Waals surface area contributed by atoms with Crippen molar-refractivity contribution in [1.29, 1.82) is 5.26 Å². The standard InChI is InChI=1S/C13H5F3N4/c14-9-2-1-8(11(15)12(9)16)13-19-18-10-5-7(6-17)3-4-20(10)13/h1-5H. The first-order valence-corrected chi connectivity index (χ1v) is 5.50. The van der Waals surface area contributed by atoms with E-state index in [2.05, 4.69) is 10.2 Å². The summed E-state index contributed by atoms with van der Waals surface area (Å²) >= 11 is 0. The molecule has 0 atom stereocenters. The third kappa shape index (κ3) is 1.70. The topological polar surface area (TPSA) is 54.0 Å². The van der Waals surface area contributed by atoms with Crippen LogP contribution >= 0.6 is 0 Å². The average Bonchev–Trinajstić information content (AvgIpc) is 2.88. The Hall–Kier alpha value is -2.88. The van der Waals surface area contributed by atoms with E-state index in [1.54, 1.807) is 0 Å². The summed E-state index contributed by atoms with van der Waals surface area (Å²) in [5, 5.41) is 16.3. The molecule has 2 aromatic heterocycles. The molecule has 3 aromatic rings. The minimum Gasteiger partial charge on any atom is -0.282 e. The molecule has 0 saturated carbocycles. The number of benzene rings is 1. The number of halogens is 3. The second kappa shape index (κ2) is 4.35. The van der Waals surface area contributed by atoms with E-state index in [9.17, 15) is 13.2 Å². The van der Waals surface area contributed by atoms with Crippen molar-refractivity contribution < 1.29 is 13.2 Å². The van der Waals surface area contributed by atoms with Crippen LogP contribution in [0.5, 0.6) is 0 Å². The zero-order valence-electron chi connectivity index (χ0n) is 9.81. The number of nitrogens with zero attached hydrogens (tertiary/aromatic N) is 4. The van der Waals surface area contributed by atoms with Crippen LogP contribution in [0.25, 0.3) is 17.0 Å². The quantitative estimate of drug-likeness (QED) is 0.641. The van der Waals surface area contributed by atoms with E-state index in [4.69, 9.17) is 5.26 Å². The van der Waals surface area contributed by atoms with Crippen LogP contribution in [-0.4, -0.2) is 14.6 Å². The highest BCUT2D eigenvalue weighted by atomic mass is 19.2. The van der Waals surface area contributed by atoms with Gasteiger partial charge in [-0.15, -0.1) is 10.2 Å². The fourth-order valence-corrected chi connectivity index (χ4v) is 1.84. The van der Waals surface area contributed by atoms with Crippen molar-refractivity contribution in [3.63, 3.8) is 0 Å². The summed E-state index contributed by atoms with van der Waals surface area (Å²) in [6, 6.07) is 6.77. The highest BCUT2D eigenvalue weighted by Gasteiger charge is 2.18. The van der Waals surface area contributed by atoms with Gasteiger partial charge in [-0.25, -0.2) is 13.2 Å². The van der Waals surface area contributed by atoms with Crippen molar-refractivity contribution >= 4 is 5.65 Å². The van der Waals surface area contributed by atoms with Gasteiger partial charge >= 0.3 is 0 Å². The highest BCUT2D eigenvalue weighted by Crippen LogP contribution is 2.25. The van der Waals surface area contributed by atoms with E-state index < -0.39 is 17.5 Å². The Labute approximate surface area is 110 Å². The molecule has 98 valence electrons. The summed E-state index contributed by atoms with van der Waals surface area (Å²) < 4.78 is 41.3. The first-order chi connectivity index (χ1) is 9.61. The summed E-state index contributed by atoms with van der Waals surface area (Å²) in [7, 11) is 0. The molecule has 0 unspecified atom stereocenters. The van der Waals surface area contributed by atoms with Crippen LogP contribution in [0.2, 0.25) is 0 Å². The van der Waals surface area contributed by atoms with E-state index in [0.717, 1.165) is 12.1 Å². The maximum absolute atomic E-state index is 13.8. The zero-order chi connectivity index (χ0) is 14.3. The monoisotopic (exact) mass is 274 g/mol. The number of fused-ring (bicyclic) bond motifs is 1. The fraction of sp³-hybridized carbons (Fsp3) is 0. The van der Waals surface area contributed by atoms with E-state index in [0.29, 0.717) is 11.2 Å². The third-order valence-electron chi connectivity index (χ3n) is 2.82. The van der Waals surface area contributed by atoms with Gasteiger partial charge in [0.2, 0.25) is 0 Å². The molecule has 0 aliphatic rings. The number of rotatable bonds is 1. The summed E-state index contributed by atoms with van der Waals surface area (Å²) in [4.78, 5) is 0. The molecule has 20 heavy (non-hydrogen) atoms. The second-order valence-corrected chi connectivity index (χ2v) is 4.00. The molecule has 3 rings (SSSR count). The molecule has 7 heteroatoms. The van der Waals surface area contributed by atoms with Gasteiger partial charge in [-0.1, -0.05) is 0 Å². The van der Waals surface area contributed by atoms with Gasteiger partial charge in [-0.3, -0.25) is 4.40 Å². The van der Waals surface area contributed by atoms with Gasteiger partial charge in [0.1, 0.15) is 0 Å². The number of hydrogen-bond acceptors (Lipinski definition) is 3. The molecule has 0 N–H and O–H groups in total. The molecule has 0 bridgehead atoms. The van der Waals surface area contributed by atoms with Crippen LogP contribution in [-0.2, 0) is 0 Å². The fourth-order valence-electron chi connectivity index (χ4n) is 1.84. The van der Waals surface area contributed by atoms with Crippen molar-refractivity contribution in [2.24, 2.45) is 0 Å². The lowest BCUT2D eigenvalue weighted by molar-refractivity contribution is 0.448. The van der Waals surface area contributed by atoms with Crippen LogP contribution in [0.4, 0.5) is 13.2 Å². The van der Waals surface area contributed by atoms with Gasteiger partial charge in [-0.2, -0.15) is 5.26 Å². The predicted molar refractivity (Wildman–Crippen MR) is 63.0 cm³/mol. The number of hydrogen-bond donors (Lipinski definition) is 0. The molecule has 0 aliphatic heterocycles. The van der Waals surface area contributed by atoms with E-state index in [-0.39, 0.29) is 11.4 Å². The predicted octanol–water partition coefficient (Wildman–Crippen LogP) is 2.69. The van der Waals surface area contributed by atoms with Gasteiger partial charge in [0, 0.05) is 12.3 Å². The Bertz CT molecular complexity index is 864. The zero-order valence-corrected chi connectivity index (χ0v) is 9.81. The summed E-state index contributed by atoms with van der Waals surface area (Å²) in [5.74, 6) is -4.13. The Morgan fingerprint density at radius 2 is 1.85 bits per heavy atom. The number of aromatic nitrogens is 3. The molecule has 2 heterocycles. The minimum absolute atomic E-state index is 0.0286. The van der Waals surface area contributed by atoms with Gasteiger partial charge in [0.15, 0.2) is 28.9 Å². The molecular weight excluding hydrogens is 269 g/mol. The molecule has 1 aromatic carbocycles. The van der Waals surface area contributed by atoms with Gasteiger partial charge in [0.25, 0.3) is 0 Å². The van der Waals surface area contributed by atoms with Crippen LogP contribution in [0.1, 0.15) is 5.56 Å². The molecule has 0 saturated heterocycles. The van der Waals surface area contributed by atoms with Gasteiger partial charge < -0.3 is 0 Å². The van der Waals surface area contributed by atoms with Crippen molar-refractivity contribution in [1.82, 2.24) is 14.6 Å². The van der Waals surface area contributed by atoms with Gasteiger partial charge in [-0.05, 0) is 18.2 Å². The first-order valence-electron chi connectivity index (χ1n) is 5.50. The number of nitriles is 1. The van der Waals surface area contributed by atoms with Crippen LogP contribution in [0, 0.1) is 28.8 Å². The van der Waals surface area contributed by atoms with Crippen molar-refractivity contribution in [3.8, 4) is 17.5 Å². The van der Waals surface area contributed by atoms with E-state index in [1.165, 1.54) is 22.7 Å². The Morgan fingerprint density at radius 3 is 2.60 bits per heavy atom. The lowest BCUT2D eigenvalue weighted by Gasteiger charge is -2.03. The van der Waals surface area contributed by atoms with Crippen LogP contribution in [0.15, 0.2) is 30.5 Å². The minimum atomic E-state index is -1.56. The van der Waals surface area contributed by atoms with E-state index >= 15 is 0 Å². The molecular formula is C13H5F3N4. The molecule has 4 nitrogen and oxygen atoms in total. The average molecular weight is 274 g/mol. The Balaban J connectivity index is 2.26. The highest BCUT2D eigenvalue weighted by molar-refractivity contribution is 5.61. The summed E-state index contributed by atoms with van der Waals surface area (Å²) in [5.41, 5.74) is 0.464. The molecule has 0 amide bonds. The second-order valence-electron chi connectivity index (χ2n) is 4.00. The lowest BCUT2D eigenvalue weighted by Crippen LogP contribution is -1.97. The SMILES string of the molecule is N#Cc1ccn2c(-c3ccc(F)c(F)c3F)nnc2c1. The lowest BCUT2D eigenvalue weighted by atomic mass is 10.2.